The van der Waals surface area contributed by atoms with Gasteiger partial charge in [0.1, 0.15) is 0 Å². The van der Waals surface area contributed by atoms with Gasteiger partial charge in [0.2, 0.25) is 0 Å². The van der Waals surface area contributed by atoms with Crippen LogP contribution >= 0.6 is 11.6 Å². The van der Waals surface area contributed by atoms with E-state index in [1.807, 2.05) is 0 Å². The molecule has 1 saturated heterocycles. The summed E-state index contributed by atoms with van der Waals surface area (Å²) in [5.41, 5.74) is 4.04. The van der Waals surface area contributed by atoms with Crippen LogP contribution in [0.25, 0.3) is 0 Å². The van der Waals surface area contributed by atoms with Crippen molar-refractivity contribution >= 4 is 11.6 Å². The maximum atomic E-state index is 6.19. The van der Waals surface area contributed by atoms with Gasteiger partial charge < -0.3 is 4.90 Å². The van der Waals surface area contributed by atoms with E-state index < -0.39 is 0 Å². The number of likely N-dealkylation sites (tertiary alicyclic amines) is 1. The van der Waals surface area contributed by atoms with Gasteiger partial charge in [-0.1, -0.05) is 24.6 Å². The van der Waals surface area contributed by atoms with E-state index in [0.717, 1.165) is 10.9 Å². The van der Waals surface area contributed by atoms with Crippen molar-refractivity contribution in [3.8, 4) is 0 Å². The summed E-state index contributed by atoms with van der Waals surface area (Å²) in [4.78, 5) is 2.43. The van der Waals surface area contributed by atoms with Gasteiger partial charge in [0, 0.05) is 5.02 Å². The fraction of sp³-hybridized carbons (Fsp3) is 0.625. The number of hydrogen-bond donors (Lipinski definition) is 0. The van der Waals surface area contributed by atoms with Crippen molar-refractivity contribution < 1.29 is 0 Å². The first-order valence-electron chi connectivity index (χ1n) is 6.94. The first kappa shape index (κ1) is 13.9. The normalized spacial score (nSPS) is 20.1. The molecule has 1 atom stereocenters. The monoisotopic (exact) mass is 265 g/mol. The van der Waals surface area contributed by atoms with Crippen LogP contribution in [0.1, 0.15) is 42.4 Å². The predicted molar refractivity (Wildman–Crippen MR) is 79.6 cm³/mol. The van der Waals surface area contributed by atoms with Gasteiger partial charge in [0.05, 0.1) is 0 Å². The molecule has 0 saturated carbocycles. The molecule has 0 spiro atoms. The van der Waals surface area contributed by atoms with Crippen molar-refractivity contribution in [2.75, 3.05) is 20.1 Å². The zero-order valence-corrected chi connectivity index (χ0v) is 12.7. The van der Waals surface area contributed by atoms with Crippen LogP contribution in [0.4, 0.5) is 0 Å². The maximum Gasteiger partial charge on any atom is 0.0438 e. The van der Waals surface area contributed by atoms with E-state index >= 15 is 0 Å². The van der Waals surface area contributed by atoms with Crippen LogP contribution in [0.15, 0.2) is 12.1 Å². The molecular formula is C16H24ClN. The summed E-state index contributed by atoms with van der Waals surface area (Å²) in [5.74, 6) is 1.47. The molecule has 0 aromatic heterocycles. The third-order valence-electron chi connectivity index (χ3n) is 4.51. The molecule has 0 bridgehead atoms. The average molecular weight is 266 g/mol. The van der Waals surface area contributed by atoms with Crippen LogP contribution < -0.4 is 0 Å². The largest absolute Gasteiger partial charge is 0.306 e. The van der Waals surface area contributed by atoms with E-state index in [4.69, 9.17) is 11.6 Å². The van der Waals surface area contributed by atoms with E-state index in [2.05, 4.69) is 44.9 Å². The third-order valence-corrected chi connectivity index (χ3v) is 4.92. The van der Waals surface area contributed by atoms with Gasteiger partial charge in [-0.15, -0.1) is 0 Å². The molecule has 1 heterocycles. The molecule has 100 valence electrons. The summed E-state index contributed by atoms with van der Waals surface area (Å²) in [6.07, 6.45) is 2.64. The molecule has 1 aliphatic rings. The summed E-state index contributed by atoms with van der Waals surface area (Å²) in [7, 11) is 2.22. The summed E-state index contributed by atoms with van der Waals surface area (Å²) >= 11 is 6.19. The molecule has 0 unspecified atom stereocenters. The maximum absolute atomic E-state index is 6.19. The summed E-state index contributed by atoms with van der Waals surface area (Å²) < 4.78 is 0. The first-order valence-corrected chi connectivity index (χ1v) is 7.32. The van der Waals surface area contributed by atoms with Gasteiger partial charge in [-0.3, -0.25) is 0 Å². The van der Waals surface area contributed by atoms with Crippen LogP contribution in [-0.4, -0.2) is 25.0 Å². The lowest BCUT2D eigenvalue weighted by Crippen LogP contribution is -2.32. The van der Waals surface area contributed by atoms with Crippen molar-refractivity contribution in [3.05, 3.63) is 33.8 Å². The van der Waals surface area contributed by atoms with Crippen LogP contribution in [0.5, 0.6) is 0 Å². The van der Waals surface area contributed by atoms with Crippen LogP contribution in [-0.2, 0) is 0 Å². The number of rotatable bonds is 2. The number of piperidine rings is 1. The van der Waals surface area contributed by atoms with E-state index in [1.165, 1.54) is 42.6 Å². The minimum absolute atomic E-state index is 0.648. The Morgan fingerprint density at radius 2 is 1.78 bits per heavy atom. The molecule has 0 amide bonds. The molecule has 1 aromatic rings. The van der Waals surface area contributed by atoms with Gasteiger partial charge in [-0.05, 0) is 81.4 Å². The van der Waals surface area contributed by atoms with E-state index in [1.54, 1.807) is 0 Å². The molecule has 1 fully saturated rings. The summed E-state index contributed by atoms with van der Waals surface area (Å²) in [5, 5.41) is 0.895. The summed E-state index contributed by atoms with van der Waals surface area (Å²) in [6, 6.07) is 4.42. The van der Waals surface area contributed by atoms with Crippen molar-refractivity contribution in [2.24, 2.45) is 5.92 Å². The lowest BCUT2D eigenvalue weighted by molar-refractivity contribution is 0.202. The molecule has 1 nitrogen and oxygen atoms in total. The molecule has 0 radical (unpaired) electrons. The van der Waals surface area contributed by atoms with Crippen molar-refractivity contribution in [1.82, 2.24) is 4.90 Å². The Kier molecular flexibility index (Phi) is 4.34. The Labute approximate surface area is 116 Å². The smallest absolute Gasteiger partial charge is 0.0438 e. The Morgan fingerprint density at radius 1 is 1.17 bits per heavy atom. The molecule has 0 N–H and O–H groups in total. The van der Waals surface area contributed by atoms with E-state index in [0.29, 0.717) is 5.92 Å². The molecule has 2 rings (SSSR count). The summed E-state index contributed by atoms with van der Waals surface area (Å²) in [6.45, 7) is 9.14. The Morgan fingerprint density at radius 3 is 2.39 bits per heavy atom. The molecular weight excluding hydrogens is 242 g/mol. The SMILES string of the molecule is Cc1cc([C@@H](C)C2CCN(C)CC2)c(C)cc1Cl. The Balaban J connectivity index is 2.18. The predicted octanol–water partition coefficient (Wildman–Crippen LogP) is 4.40. The molecule has 0 aliphatic carbocycles. The molecule has 18 heavy (non-hydrogen) atoms. The van der Waals surface area contributed by atoms with Crippen LogP contribution in [0, 0.1) is 19.8 Å². The minimum Gasteiger partial charge on any atom is -0.306 e. The van der Waals surface area contributed by atoms with Crippen molar-refractivity contribution in [1.29, 1.82) is 0 Å². The van der Waals surface area contributed by atoms with Gasteiger partial charge in [0.15, 0.2) is 0 Å². The van der Waals surface area contributed by atoms with Gasteiger partial charge in [0.25, 0.3) is 0 Å². The minimum atomic E-state index is 0.648. The lowest BCUT2D eigenvalue weighted by atomic mass is 9.79. The second-order valence-electron chi connectivity index (χ2n) is 5.89. The second kappa shape index (κ2) is 5.63. The molecule has 1 aromatic carbocycles. The lowest BCUT2D eigenvalue weighted by Gasteiger charge is -2.33. The van der Waals surface area contributed by atoms with E-state index in [-0.39, 0.29) is 0 Å². The Hall–Kier alpha value is -0.530. The topological polar surface area (TPSA) is 3.24 Å². The van der Waals surface area contributed by atoms with Gasteiger partial charge in [-0.25, -0.2) is 0 Å². The Bertz CT molecular complexity index is 419. The number of nitrogens with zero attached hydrogens (tertiary/aromatic N) is 1. The van der Waals surface area contributed by atoms with Crippen molar-refractivity contribution in [3.63, 3.8) is 0 Å². The third kappa shape index (κ3) is 2.89. The molecule has 1 aliphatic heterocycles. The standard InChI is InChI=1S/C16H24ClN/c1-11-10-16(17)12(2)9-15(11)13(3)14-5-7-18(4)8-6-14/h9-10,13-14H,5-8H2,1-4H3/t13-/m0/s1. The first-order chi connectivity index (χ1) is 8.49. The van der Waals surface area contributed by atoms with Crippen LogP contribution in [0.3, 0.4) is 0 Å². The quantitative estimate of drug-likeness (QED) is 0.766. The average Bonchev–Trinajstić information content (AvgIpc) is 2.34. The number of benzene rings is 1. The highest BCUT2D eigenvalue weighted by molar-refractivity contribution is 6.31. The number of hydrogen-bond acceptors (Lipinski definition) is 1. The highest BCUT2D eigenvalue weighted by atomic mass is 35.5. The highest BCUT2D eigenvalue weighted by Crippen LogP contribution is 2.35. The second-order valence-corrected chi connectivity index (χ2v) is 6.29. The van der Waals surface area contributed by atoms with Gasteiger partial charge in [-0.2, -0.15) is 0 Å². The number of aryl methyl sites for hydroxylation is 2. The van der Waals surface area contributed by atoms with Gasteiger partial charge >= 0.3 is 0 Å². The highest BCUT2D eigenvalue weighted by Gasteiger charge is 2.24. The fourth-order valence-corrected chi connectivity index (χ4v) is 3.29. The van der Waals surface area contributed by atoms with E-state index in [9.17, 15) is 0 Å². The fourth-order valence-electron chi connectivity index (χ4n) is 3.08. The zero-order chi connectivity index (χ0) is 13.3. The number of halogens is 1. The van der Waals surface area contributed by atoms with Crippen LogP contribution in [0.2, 0.25) is 5.02 Å². The van der Waals surface area contributed by atoms with Crippen molar-refractivity contribution in [2.45, 2.75) is 39.5 Å². The zero-order valence-electron chi connectivity index (χ0n) is 12.0. The molecule has 2 heteroatoms.